The third-order valence-corrected chi connectivity index (χ3v) is 3.24. The molecule has 102 valence electrons. The van der Waals surface area contributed by atoms with E-state index in [0.29, 0.717) is 23.4 Å². The number of hydrogen-bond acceptors (Lipinski definition) is 7. The topological polar surface area (TPSA) is 105 Å². The van der Waals surface area contributed by atoms with Gasteiger partial charge in [0.15, 0.2) is 17.7 Å². The van der Waals surface area contributed by atoms with Crippen molar-refractivity contribution in [3.05, 3.63) is 12.7 Å². The monoisotopic (exact) mass is 265 g/mol. The molecule has 0 bridgehead atoms. The zero-order valence-corrected chi connectivity index (χ0v) is 10.4. The number of nitrogens with one attached hydrogen (secondary N) is 1. The number of hydrogen-bond donors (Lipinski definition) is 3. The predicted octanol–water partition coefficient (Wildman–Crippen LogP) is -0.491. The van der Waals surface area contributed by atoms with Gasteiger partial charge in [0.2, 0.25) is 0 Å². The second kappa shape index (κ2) is 4.72. The van der Waals surface area contributed by atoms with E-state index in [1.165, 1.54) is 6.33 Å². The minimum absolute atomic E-state index is 0.114. The van der Waals surface area contributed by atoms with Gasteiger partial charge in [-0.05, 0) is 0 Å². The summed E-state index contributed by atoms with van der Waals surface area (Å²) in [7, 11) is 1.75. The molecule has 8 nitrogen and oxygen atoms in total. The Morgan fingerprint density at radius 2 is 2.32 bits per heavy atom. The van der Waals surface area contributed by atoms with Gasteiger partial charge in [-0.25, -0.2) is 15.0 Å². The first-order chi connectivity index (χ1) is 9.24. The molecule has 1 saturated heterocycles. The lowest BCUT2D eigenvalue weighted by molar-refractivity contribution is -0.0486. The SMILES string of the molecule is CNc1ncnc2c1ncn2[C@@H]1O[C@H](CO)C[C@H]1O. The molecule has 3 atom stereocenters. The van der Waals surface area contributed by atoms with Crippen molar-refractivity contribution in [3.8, 4) is 0 Å². The molecule has 0 saturated carbocycles. The first-order valence-corrected chi connectivity index (χ1v) is 6.04. The Bertz CT molecular complexity index is 587. The fourth-order valence-electron chi connectivity index (χ4n) is 2.32. The third-order valence-electron chi connectivity index (χ3n) is 3.24. The second-order valence-electron chi connectivity index (χ2n) is 4.43. The molecule has 3 rings (SSSR count). The van der Waals surface area contributed by atoms with Gasteiger partial charge in [0.05, 0.1) is 19.0 Å². The fraction of sp³-hybridized carbons (Fsp3) is 0.545. The average Bonchev–Trinajstić information content (AvgIpc) is 3.01. The van der Waals surface area contributed by atoms with Crippen molar-refractivity contribution in [2.75, 3.05) is 19.0 Å². The molecule has 1 aliphatic rings. The van der Waals surface area contributed by atoms with E-state index in [1.54, 1.807) is 17.9 Å². The number of aliphatic hydroxyl groups is 2. The van der Waals surface area contributed by atoms with Crippen molar-refractivity contribution in [1.82, 2.24) is 19.5 Å². The molecule has 1 fully saturated rings. The first kappa shape index (κ1) is 12.3. The summed E-state index contributed by atoms with van der Waals surface area (Å²) < 4.78 is 7.26. The van der Waals surface area contributed by atoms with Gasteiger partial charge in [0.1, 0.15) is 17.9 Å². The van der Waals surface area contributed by atoms with Crippen LogP contribution in [-0.2, 0) is 4.74 Å². The van der Waals surface area contributed by atoms with Gasteiger partial charge in [-0.1, -0.05) is 0 Å². The summed E-state index contributed by atoms with van der Waals surface area (Å²) in [5, 5.41) is 22.0. The van der Waals surface area contributed by atoms with Crippen molar-refractivity contribution >= 4 is 17.0 Å². The Morgan fingerprint density at radius 3 is 3.00 bits per heavy atom. The van der Waals surface area contributed by atoms with Crippen molar-refractivity contribution in [2.45, 2.75) is 24.9 Å². The van der Waals surface area contributed by atoms with Crippen LogP contribution >= 0.6 is 0 Å². The summed E-state index contributed by atoms with van der Waals surface area (Å²) in [6.45, 7) is -0.114. The highest BCUT2D eigenvalue weighted by molar-refractivity contribution is 5.82. The number of aromatic nitrogens is 4. The second-order valence-corrected chi connectivity index (χ2v) is 4.43. The Morgan fingerprint density at radius 1 is 1.47 bits per heavy atom. The molecular weight excluding hydrogens is 250 g/mol. The number of rotatable bonds is 3. The fourth-order valence-corrected chi connectivity index (χ4v) is 2.32. The molecule has 0 aromatic carbocycles. The van der Waals surface area contributed by atoms with Crippen LogP contribution in [-0.4, -0.2) is 55.6 Å². The number of ether oxygens (including phenoxy) is 1. The Labute approximate surface area is 109 Å². The molecule has 0 unspecified atom stereocenters. The molecule has 3 heterocycles. The third kappa shape index (κ3) is 1.93. The summed E-state index contributed by atoms with van der Waals surface area (Å²) in [5.41, 5.74) is 1.20. The molecule has 0 spiro atoms. The van der Waals surface area contributed by atoms with E-state index in [2.05, 4.69) is 20.3 Å². The Balaban J connectivity index is 2.02. The molecule has 0 amide bonds. The van der Waals surface area contributed by atoms with E-state index in [1.807, 2.05) is 0 Å². The van der Waals surface area contributed by atoms with Crippen LogP contribution in [0.25, 0.3) is 11.2 Å². The van der Waals surface area contributed by atoms with E-state index < -0.39 is 12.3 Å². The number of nitrogens with zero attached hydrogens (tertiary/aromatic N) is 4. The molecule has 0 radical (unpaired) electrons. The standard InChI is InChI=1S/C11H15N5O3/c1-12-9-8-10(14-4-13-9)16(5-15-8)11-7(18)2-6(3-17)19-11/h4-7,11,17-18H,2-3H2,1H3,(H,12,13,14)/t6-,7+,11+/m0/s1. The predicted molar refractivity (Wildman–Crippen MR) is 66.5 cm³/mol. The zero-order valence-electron chi connectivity index (χ0n) is 10.4. The van der Waals surface area contributed by atoms with Crippen LogP contribution in [0, 0.1) is 0 Å². The largest absolute Gasteiger partial charge is 0.394 e. The lowest BCUT2D eigenvalue weighted by Gasteiger charge is -2.16. The molecule has 2 aromatic rings. The molecule has 0 aliphatic carbocycles. The Kier molecular flexibility index (Phi) is 3.05. The summed E-state index contributed by atoms with van der Waals surface area (Å²) in [6.07, 6.45) is 1.75. The summed E-state index contributed by atoms with van der Waals surface area (Å²) in [6, 6.07) is 0. The maximum atomic E-state index is 10.0. The van der Waals surface area contributed by atoms with E-state index in [9.17, 15) is 5.11 Å². The van der Waals surface area contributed by atoms with Crippen LogP contribution in [0.5, 0.6) is 0 Å². The van der Waals surface area contributed by atoms with E-state index in [-0.39, 0.29) is 12.7 Å². The highest BCUT2D eigenvalue weighted by Gasteiger charge is 2.35. The number of imidazole rings is 1. The van der Waals surface area contributed by atoms with Crippen LogP contribution < -0.4 is 5.32 Å². The van der Waals surface area contributed by atoms with Crippen LogP contribution in [0.3, 0.4) is 0 Å². The molecule has 19 heavy (non-hydrogen) atoms. The lowest BCUT2D eigenvalue weighted by atomic mass is 10.2. The van der Waals surface area contributed by atoms with E-state index in [0.717, 1.165) is 0 Å². The van der Waals surface area contributed by atoms with Gasteiger partial charge in [0, 0.05) is 13.5 Å². The number of aliphatic hydroxyl groups excluding tert-OH is 2. The molecule has 8 heteroatoms. The highest BCUT2D eigenvalue weighted by Crippen LogP contribution is 2.31. The van der Waals surface area contributed by atoms with Crippen molar-refractivity contribution in [3.63, 3.8) is 0 Å². The minimum atomic E-state index is -0.692. The summed E-state index contributed by atoms with van der Waals surface area (Å²) in [5.74, 6) is 0.620. The zero-order chi connectivity index (χ0) is 13.4. The van der Waals surface area contributed by atoms with Gasteiger partial charge in [-0.15, -0.1) is 0 Å². The maximum absolute atomic E-state index is 10.0. The van der Waals surface area contributed by atoms with Crippen LogP contribution in [0.4, 0.5) is 5.82 Å². The first-order valence-electron chi connectivity index (χ1n) is 6.04. The van der Waals surface area contributed by atoms with Gasteiger partial charge < -0.3 is 20.3 Å². The summed E-state index contributed by atoms with van der Waals surface area (Å²) in [4.78, 5) is 12.5. The van der Waals surface area contributed by atoms with Crippen molar-refractivity contribution < 1.29 is 14.9 Å². The van der Waals surface area contributed by atoms with Gasteiger partial charge >= 0.3 is 0 Å². The van der Waals surface area contributed by atoms with Crippen LogP contribution in [0.15, 0.2) is 12.7 Å². The summed E-state index contributed by atoms with van der Waals surface area (Å²) >= 11 is 0. The highest BCUT2D eigenvalue weighted by atomic mass is 16.5. The molecular formula is C11H15N5O3. The maximum Gasteiger partial charge on any atom is 0.167 e. The van der Waals surface area contributed by atoms with Gasteiger partial charge in [0.25, 0.3) is 0 Å². The minimum Gasteiger partial charge on any atom is -0.394 e. The molecule has 2 aromatic heterocycles. The molecule has 1 aliphatic heterocycles. The molecule has 3 N–H and O–H groups in total. The Hall–Kier alpha value is -1.77. The van der Waals surface area contributed by atoms with Crippen LogP contribution in [0.1, 0.15) is 12.6 Å². The van der Waals surface area contributed by atoms with Crippen molar-refractivity contribution in [1.29, 1.82) is 0 Å². The van der Waals surface area contributed by atoms with Gasteiger partial charge in [-0.2, -0.15) is 0 Å². The van der Waals surface area contributed by atoms with E-state index in [4.69, 9.17) is 9.84 Å². The van der Waals surface area contributed by atoms with Crippen molar-refractivity contribution in [2.24, 2.45) is 0 Å². The van der Waals surface area contributed by atoms with Gasteiger partial charge in [-0.3, -0.25) is 4.57 Å². The smallest absolute Gasteiger partial charge is 0.167 e. The number of anilines is 1. The number of fused-ring (bicyclic) bond motifs is 1. The normalized spacial score (nSPS) is 27.0. The van der Waals surface area contributed by atoms with E-state index >= 15 is 0 Å². The average molecular weight is 265 g/mol. The quantitative estimate of drug-likeness (QED) is 0.687. The van der Waals surface area contributed by atoms with Crippen LogP contribution in [0.2, 0.25) is 0 Å². The lowest BCUT2D eigenvalue weighted by Crippen LogP contribution is -2.19.